The Balaban J connectivity index is 2.80. The van der Waals surface area contributed by atoms with Crippen LogP contribution < -0.4 is 10.6 Å². The molecule has 1 amide bonds. The van der Waals surface area contributed by atoms with Gasteiger partial charge in [0.25, 0.3) is 5.91 Å². The van der Waals surface area contributed by atoms with Crippen LogP contribution in [0, 0.1) is 5.92 Å². The van der Waals surface area contributed by atoms with Crippen molar-refractivity contribution in [1.29, 1.82) is 0 Å². The molecule has 1 heterocycles. The van der Waals surface area contributed by atoms with Gasteiger partial charge in [0.15, 0.2) is 5.92 Å². The van der Waals surface area contributed by atoms with Gasteiger partial charge in [-0.2, -0.15) is 0 Å². The molecule has 1 atom stereocenters. The molecule has 1 aromatic rings. The number of amides is 1. The normalized spacial score (nSPS) is 19.3. The van der Waals surface area contributed by atoms with Gasteiger partial charge in [-0.05, 0) is 12.1 Å². The number of fused-ring (bicyclic) bond motifs is 1. The molecule has 0 spiro atoms. The number of carboxylic acid groups (broad SMARTS) is 1. The predicted molar refractivity (Wildman–Crippen MR) is 49.4 cm³/mol. The van der Waals surface area contributed by atoms with Gasteiger partial charge < -0.3 is 10.2 Å². The average Bonchev–Trinajstić information content (AvgIpc) is 2.17. The van der Waals surface area contributed by atoms with E-state index in [-0.39, 0.29) is 0 Å². The smallest absolute Gasteiger partial charge is 0.324 e. The Labute approximate surface area is 84.0 Å². The fourth-order valence-electron chi connectivity index (χ4n) is 1.47. The molecule has 0 aliphatic carbocycles. The van der Waals surface area contributed by atoms with E-state index in [0.717, 1.165) is 0 Å². The number of hydrogen-bond donors (Lipinski definition) is 2. The van der Waals surface area contributed by atoms with E-state index < -0.39 is 23.6 Å². The molecule has 0 aromatic heterocycles. The van der Waals surface area contributed by atoms with Crippen molar-refractivity contribution in [2.45, 2.75) is 0 Å². The molecule has 1 aromatic carbocycles. The fraction of sp³-hybridized carbons (Fsp3) is 0.100. The predicted octanol–water partition coefficient (Wildman–Crippen LogP) is -0.787. The molecule has 1 aliphatic rings. The fourth-order valence-corrected chi connectivity index (χ4v) is 1.47. The molecule has 5 nitrogen and oxygen atoms in total. The molecule has 2 N–H and O–H groups in total. The molecule has 76 valence electrons. The van der Waals surface area contributed by atoms with Crippen molar-refractivity contribution in [1.82, 2.24) is 0 Å². The summed E-state index contributed by atoms with van der Waals surface area (Å²) >= 11 is 0. The van der Waals surface area contributed by atoms with Gasteiger partial charge in [0.2, 0.25) is 0 Å². The second-order valence-electron chi connectivity index (χ2n) is 3.12. The standard InChI is InChI=1S/C10H7NO4/c12-8-5-3-1-2-4-6(5)11-9(13)7(8)10(14)15/h1-4,7,12H,(H,14,15). The Kier molecular flexibility index (Phi) is 2.00. The number of nitrogens with zero attached hydrogens (tertiary/aromatic N) is 1. The maximum absolute atomic E-state index is 11.3. The Morgan fingerprint density at radius 1 is 1.33 bits per heavy atom. The molecule has 1 unspecified atom stereocenters. The van der Waals surface area contributed by atoms with E-state index in [0.29, 0.717) is 10.6 Å². The zero-order chi connectivity index (χ0) is 11.0. The highest BCUT2D eigenvalue weighted by Gasteiger charge is 2.33. The van der Waals surface area contributed by atoms with Crippen molar-refractivity contribution in [3.05, 3.63) is 34.8 Å². The molecular formula is C10H7NO4. The zero-order valence-corrected chi connectivity index (χ0v) is 7.54. The van der Waals surface area contributed by atoms with Gasteiger partial charge >= 0.3 is 5.97 Å². The van der Waals surface area contributed by atoms with Gasteiger partial charge in [0, 0.05) is 5.22 Å². The van der Waals surface area contributed by atoms with Gasteiger partial charge in [0.05, 0.1) is 5.36 Å². The highest BCUT2D eigenvalue weighted by atomic mass is 16.4. The molecule has 1 aliphatic heterocycles. The van der Waals surface area contributed by atoms with Gasteiger partial charge in [-0.15, -0.1) is 0 Å². The minimum Gasteiger partial charge on any atom is -0.510 e. The van der Waals surface area contributed by atoms with Crippen LogP contribution in [-0.2, 0) is 9.59 Å². The number of aliphatic carboxylic acids is 1. The topological polar surface area (TPSA) is 87.0 Å². The summed E-state index contributed by atoms with van der Waals surface area (Å²) in [5, 5.41) is 19.0. The van der Waals surface area contributed by atoms with Crippen molar-refractivity contribution < 1.29 is 19.8 Å². The van der Waals surface area contributed by atoms with E-state index in [1.807, 2.05) is 0 Å². The van der Waals surface area contributed by atoms with Crippen LogP contribution in [0.4, 0.5) is 0 Å². The molecule has 0 fully saturated rings. The van der Waals surface area contributed by atoms with Gasteiger partial charge in [0.1, 0.15) is 5.76 Å². The number of aliphatic hydroxyl groups excluding tert-OH is 1. The van der Waals surface area contributed by atoms with Crippen molar-refractivity contribution in [2.75, 3.05) is 0 Å². The maximum atomic E-state index is 11.3. The van der Waals surface area contributed by atoms with Crippen molar-refractivity contribution in [2.24, 2.45) is 10.9 Å². The summed E-state index contributed by atoms with van der Waals surface area (Å²) in [5.74, 6) is -4.26. The molecule has 0 radical (unpaired) electrons. The number of aliphatic hydroxyl groups is 1. The Bertz CT molecular complexity index is 561. The second-order valence-corrected chi connectivity index (χ2v) is 3.12. The first-order valence-electron chi connectivity index (χ1n) is 4.25. The molecule has 0 saturated carbocycles. The highest BCUT2D eigenvalue weighted by molar-refractivity contribution is 6.05. The number of carbonyl (C=O) groups excluding carboxylic acids is 1. The van der Waals surface area contributed by atoms with Crippen molar-refractivity contribution in [3.8, 4) is 0 Å². The van der Waals surface area contributed by atoms with E-state index in [9.17, 15) is 14.7 Å². The number of benzene rings is 1. The Morgan fingerprint density at radius 3 is 2.67 bits per heavy atom. The summed E-state index contributed by atoms with van der Waals surface area (Å²) in [7, 11) is 0. The van der Waals surface area contributed by atoms with Crippen LogP contribution in [0.25, 0.3) is 5.76 Å². The number of para-hydroxylation sites is 1. The summed E-state index contributed by atoms with van der Waals surface area (Å²) in [6.07, 6.45) is 0. The largest absolute Gasteiger partial charge is 0.510 e. The lowest BCUT2D eigenvalue weighted by molar-refractivity contribution is -0.144. The third-order valence-electron chi connectivity index (χ3n) is 2.18. The molecule has 15 heavy (non-hydrogen) atoms. The van der Waals surface area contributed by atoms with Crippen LogP contribution in [0.5, 0.6) is 0 Å². The quantitative estimate of drug-likeness (QED) is 0.588. The Hall–Kier alpha value is -2.17. The van der Waals surface area contributed by atoms with E-state index in [1.54, 1.807) is 18.2 Å². The SMILES string of the molecule is O=C(O)C1C(=O)N=c2ccccc2=C1O. The second kappa shape index (κ2) is 3.20. The van der Waals surface area contributed by atoms with Crippen LogP contribution in [-0.4, -0.2) is 22.1 Å². The molecule has 0 saturated heterocycles. The summed E-state index contributed by atoms with van der Waals surface area (Å²) in [4.78, 5) is 25.6. The summed E-state index contributed by atoms with van der Waals surface area (Å²) in [6, 6.07) is 6.36. The monoisotopic (exact) mass is 205 g/mol. The minimum atomic E-state index is -1.57. The third-order valence-corrected chi connectivity index (χ3v) is 2.18. The van der Waals surface area contributed by atoms with E-state index in [4.69, 9.17) is 5.11 Å². The lowest BCUT2D eigenvalue weighted by Crippen LogP contribution is -2.40. The third kappa shape index (κ3) is 1.38. The van der Waals surface area contributed by atoms with Crippen LogP contribution in [0.2, 0.25) is 0 Å². The highest BCUT2D eigenvalue weighted by Crippen LogP contribution is 2.11. The molecule has 5 heteroatoms. The summed E-state index contributed by atoms with van der Waals surface area (Å²) in [5.41, 5.74) is 0. The Morgan fingerprint density at radius 2 is 2.00 bits per heavy atom. The lowest BCUT2D eigenvalue weighted by atomic mass is 10.0. The lowest BCUT2D eigenvalue weighted by Gasteiger charge is -2.11. The van der Waals surface area contributed by atoms with Crippen molar-refractivity contribution in [3.63, 3.8) is 0 Å². The van der Waals surface area contributed by atoms with Gasteiger partial charge in [-0.25, -0.2) is 4.99 Å². The van der Waals surface area contributed by atoms with Gasteiger partial charge in [-0.3, -0.25) is 9.59 Å². The minimum absolute atomic E-state index is 0.296. The number of hydrogen-bond acceptors (Lipinski definition) is 3. The maximum Gasteiger partial charge on any atom is 0.324 e. The molecule has 2 rings (SSSR count). The van der Waals surface area contributed by atoms with Crippen LogP contribution in [0.3, 0.4) is 0 Å². The van der Waals surface area contributed by atoms with Crippen LogP contribution in [0.1, 0.15) is 0 Å². The summed E-state index contributed by atoms with van der Waals surface area (Å²) < 4.78 is 0. The van der Waals surface area contributed by atoms with Gasteiger partial charge in [-0.1, -0.05) is 12.1 Å². The number of carbonyl (C=O) groups is 2. The molecular weight excluding hydrogens is 198 g/mol. The molecule has 0 bridgehead atoms. The first kappa shape index (κ1) is 9.39. The van der Waals surface area contributed by atoms with E-state index in [2.05, 4.69) is 4.99 Å². The number of carboxylic acids is 1. The van der Waals surface area contributed by atoms with E-state index >= 15 is 0 Å². The first-order valence-corrected chi connectivity index (χ1v) is 4.25. The van der Waals surface area contributed by atoms with Crippen molar-refractivity contribution >= 4 is 17.6 Å². The zero-order valence-electron chi connectivity index (χ0n) is 7.54. The van der Waals surface area contributed by atoms with Crippen LogP contribution >= 0.6 is 0 Å². The van der Waals surface area contributed by atoms with Crippen LogP contribution in [0.15, 0.2) is 29.3 Å². The summed E-state index contributed by atoms with van der Waals surface area (Å²) in [6.45, 7) is 0. The van der Waals surface area contributed by atoms with E-state index in [1.165, 1.54) is 6.07 Å². The number of rotatable bonds is 1. The first-order chi connectivity index (χ1) is 7.11. The average molecular weight is 205 g/mol.